The molecule has 0 radical (unpaired) electrons. The number of aromatic nitrogens is 5. The van der Waals surface area contributed by atoms with E-state index in [9.17, 15) is 13.6 Å². The molecule has 3 N–H and O–H groups in total. The lowest BCUT2D eigenvalue weighted by atomic mass is 10.1. The third-order valence-electron chi connectivity index (χ3n) is 5.56. The van der Waals surface area contributed by atoms with Crippen molar-refractivity contribution >= 4 is 52.5 Å². The summed E-state index contributed by atoms with van der Waals surface area (Å²) in [6.07, 6.45) is 6.84. The second-order valence-corrected chi connectivity index (χ2v) is 8.59. The molecule has 3 aromatic rings. The van der Waals surface area contributed by atoms with Gasteiger partial charge in [-0.3, -0.25) is 14.7 Å². The van der Waals surface area contributed by atoms with Gasteiger partial charge in [0.1, 0.15) is 6.21 Å². The molecule has 2 aliphatic rings. The van der Waals surface area contributed by atoms with Gasteiger partial charge < -0.3 is 16.0 Å². The minimum absolute atomic E-state index is 0.104. The number of fused-ring (bicyclic) bond motifs is 1. The van der Waals surface area contributed by atoms with Crippen LogP contribution < -0.4 is 16.0 Å². The zero-order valence-corrected chi connectivity index (χ0v) is 19.3. The van der Waals surface area contributed by atoms with Gasteiger partial charge in [0.15, 0.2) is 24.6 Å². The highest BCUT2D eigenvalue weighted by Crippen LogP contribution is 2.28. The van der Waals surface area contributed by atoms with Crippen LogP contribution in [0.25, 0.3) is 11.0 Å². The molecule has 3 aromatic heterocycles. The second-order valence-electron chi connectivity index (χ2n) is 8.59. The Kier molecular flexibility index (Phi) is 5.59. The van der Waals surface area contributed by atoms with E-state index in [0.29, 0.717) is 39.9 Å². The van der Waals surface area contributed by atoms with Gasteiger partial charge in [-0.05, 0) is 18.1 Å². The number of hydrogen-bond acceptors (Lipinski definition) is 9. The number of nitrogens with zero attached hydrogens (tertiary/aromatic N) is 8. The van der Waals surface area contributed by atoms with Crippen LogP contribution in [-0.2, 0) is 11.8 Å². The second kappa shape index (κ2) is 8.61. The van der Waals surface area contributed by atoms with Gasteiger partial charge in [-0.15, -0.1) is 0 Å². The van der Waals surface area contributed by atoms with Crippen LogP contribution in [0.4, 0.5) is 31.9 Å². The molecule has 12 nitrogen and oxygen atoms in total. The molecule has 0 aromatic carbocycles. The Balaban J connectivity index is 1.30. The average molecular weight is 484 g/mol. The highest BCUT2D eigenvalue weighted by Gasteiger charge is 2.44. The summed E-state index contributed by atoms with van der Waals surface area (Å²) in [6, 6.07) is 1.61. The summed E-state index contributed by atoms with van der Waals surface area (Å²) in [7, 11) is 3.62. The van der Waals surface area contributed by atoms with Crippen LogP contribution in [0.5, 0.6) is 0 Å². The normalized spacial score (nSPS) is 18.9. The van der Waals surface area contributed by atoms with Crippen LogP contribution in [0.15, 0.2) is 23.6 Å². The molecule has 1 unspecified atom stereocenters. The Morgan fingerprint density at radius 3 is 2.80 bits per heavy atom. The summed E-state index contributed by atoms with van der Waals surface area (Å²) in [5.74, 6) is -2.13. The Morgan fingerprint density at radius 1 is 1.29 bits per heavy atom. The van der Waals surface area contributed by atoms with E-state index in [1.165, 1.54) is 11.1 Å². The average Bonchev–Trinajstić information content (AvgIpc) is 3.31. The van der Waals surface area contributed by atoms with Crippen molar-refractivity contribution in [3.8, 4) is 0 Å². The van der Waals surface area contributed by atoms with Gasteiger partial charge in [0.05, 0.1) is 48.3 Å². The van der Waals surface area contributed by atoms with Crippen LogP contribution in [0, 0.1) is 6.92 Å². The summed E-state index contributed by atoms with van der Waals surface area (Å²) >= 11 is 0. The van der Waals surface area contributed by atoms with E-state index < -0.39 is 19.0 Å². The summed E-state index contributed by atoms with van der Waals surface area (Å²) in [6.45, 7) is 0.895. The molecule has 0 aliphatic carbocycles. The molecule has 14 heteroatoms. The number of rotatable bonds is 7. The minimum atomic E-state index is -2.71. The van der Waals surface area contributed by atoms with Gasteiger partial charge in [-0.25, -0.2) is 18.4 Å². The largest absolute Gasteiger partial charge is 0.337 e. The number of anilines is 4. The lowest BCUT2D eigenvalue weighted by Gasteiger charge is -2.37. The predicted octanol–water partition coefficient (Wildman–Crippen LogP) is 1.19. The van der Waals surface area contributed by atoms with Crippen molar-refractivity contribution in [3.63, 3.8) is 0 Å². The summed E-state index contributed by atoms with van der Waals surface area (Å²) in [5.41, 5.74) is 2.37. The molecule has 5 heterocycles. The fourth-order valence-electron chi connectivity index (χ4n) is 3.89. The number of amides is 1. The first-order chi connectivity index (χ1) is 16.6. The Hall–Kier alpha value is -4.07. The fraction of sp³-hybridized carbons (Fsp3) is 0.381. The molecule has 0 saturated carbocycles. The summed E-state index contributed by atoms with van der Waals surface area (Å²) < 4.78 is 29.3. The standard InChI is InChI=1S/C21H23F2N11O/c1-12-16(4-13(5-24-12)27-17(35)9-34-10-21(22,23)11-34)29-18-15-7-25-20(30-19(15)33(3)31-18)28-14-6-26-32(2)8-14/h4-8,14H,9-11H2,1-3H3,(H2-,25,27,28,29,30,31,35)/p+1. The lowest BCUT2D eigenvalue weighted by molar-refractivity contribution is -0.494. The zero-order chi connectivity index (χ0) is 24.7. The van der Waals surface area contributed by atoms with E-state index >= 15 is 0 Å². The van der Waals surface area contributed by atoms with Crippen molar-refractivity contribution in [1.29, 1.82) is 0 Å². The molecule has 2 aliphatic heterocycles. The number of nitrogens with one attached hydrogen (secondary N) is 3. The highest BCUT2D eigenvalue weighted by atomic mass is 19.3. The number of carbonyl (C=O) groups excluding carboxylic acids is 1. The van der Waals surface area contributed by atoms with Gasteiger partial charge in [0.25, 0.3) is 5.92 Å². The number of aryl methyl sites for hydroxylation is 2. The van der Waals surface area contributed by atoms with E-state index in [4.69, 9.17) is 0 Å². The Bertz CT molecular complexity index is 1360. The van der Waals surface area contributed by atoms with Crippen LogP contribution >= 0.6 is 0 Å². The van der Waals surface area contributed by atoms with Crippen molar-refractivity contribution < 1.29 is 18.3 Å². The molecule has 35 heavy (non-hydrogen) atoms. The van der Waals surface area contributed by atoms with Crippen LogP contribution in [-0.4, -0.2) is 91.3 Å². The molecule has 182 valence electrons. The number of likely N-dealkylation sites (tertiary alicyclic amines) is 1. The van der Waals surface area contributed by atoms with Crippen LogP contribution in [0.3, 0.4) is 0 Å². The molecule has 0 bridgehead atoms. The molecule has 0 spiro atoms. The van der Waals surface area contributed by atoms with Gasteiger partial charge in [-0.2, -0.15) is 10.1 Å². The van der Waals surface area contributed by atoms with Gasteiger partial charge in [0, 0.05) is 13.2 Å². The van der Waals surface area contributed by atoms with E-state index in [1.54, 1.807) is 34.9 Å². The number of hydrazone groups is 1. The van der Waals surface area contributed by atoms with E-state index in [0.717, 1.165) is 0 Å². The summed E-state index contributed by atoms with van der Waals surface area (Å²) in [4.78, 5) is 26.9. The number of pyridine rings is 1. The van der Waals surface area contributed by atoms with Crippen molar-refractivity contribution in [2.45, 2.75) is 18.9 Å². The first kappa shape index (κ1) is 22.7. The van der Waals surface area contributed by atoms with Gasteiger partial charge >= 0.3 is 0 Å². The van der Waals surface area contributed by atoms with E-state index in [2.05, 4.69) is 41.1 Å². The Morgan fingerprint density at radius 2 is 2.09 bits per heavy atom. The molecular formula is C21H24F2N11O+. The molecule has 1 fully saturated rings. The van der Waals surface area contributed by atoms with Crippen molar-refractivity contribution in [2.24, 2.45) is 12.1 Å². The van der Waals surface area contributed by atoms with Crippen LogP contribution in [0.1, 0.15) is 5.69 Å². The highest BCUT2D eigenvalue weighted by molar-refractivity contribution is 5.94. The molecular weight excluding hydrogens is 460 g/mol. The maximum Gasteiger partial charge on any atom is 0.272 e. The van der Waals surface area contributed by atoms with Crippen molar-refractivity contribution in [1.82, 2.24) is 29.6 Å². The number of alkyl halides is 2. The topological polar surface area (TPSA) is 128 Å². The minimum Gasteiger partial charge on any atom is -0.337 e. The van der Waals surface area contributed by atoms with E-state index in [-0.39, 0.29) is 18.5 Å². The van der Waals surface area contributed by atoms with Crippen molar-refractivity contribution in [3.05, 3.63) is 24.2 Å². The number of halogens is 2. The first-order valence-corrected chi connectivity index (χ1v) is 10.9. The molecule has 1 atom stereocenters. The molecule has 1 amide bonds. The molecule has 1 saturated heterocycles. The van der Waals surface area contributed by atoms with Crippen molar-refractivity contribution in [2.75, 3.05) is 42.6 Å². The van der Waals surface area contributed by atoms with Gasteiger partial charge in [0.2, 0.25) is 18.1 Å². The quantitative estimate of drug-likeness (QED) is 0.427. The van der Waals surface area contributed by atoms with Crippen LogP contribution in [0.2, 0.25) is 0 Å². The summed E-state index contributed by atoms with van der Waals surface area (Å²) in [5, 5.41) is 18.5. The number of hydrogen-bond donors (Lipinski definition) is 3. The maximum atomic E-state index is 13.0. The fourth-order valence-corrected chi connectivity index (χ4v) is 3.89. The SMILES string of the molecule is Cc1ncc(NC(=O)CN2CC(F)(F)C2)cc1Nc1nn(C)c2nc(NC3C=N[N+](C)=C3)ncc12. The lowest BCUT2D eigenvalue weighted by Crippen LogP contribution is -2.57. The zero-order valence-electron chi connectivity index (χ0n) is 19.3. The predicted molar refractivity (Wildman–Crippen MR) is 127 cm³/mol. The first-order valence-electron chi connectivity index (χ1n) is 10.9. The third kappa shape index (κ3) is 4.91. The Labute approximate surface area is 198 Å². The van der Waals surface area contributed by atoms with E-state index in [1.807, 2.05) is 20.2 Å². The molecule has 5 rings (SSSR count). The smallest absolute Gasteiger partial charge is 0.272 e. The number of carbonyl (C=O) groups is 1. The monoisotopic (exact) mass is 484 g/mol. The van der Waals surface area contributed by atoms with Gasteiger partial charge in [-0.1, -0.05) is 4.68 Å². The maximum absolute atomic E-state index is 13.0. The third-order valence-corrected chi connectivity index (χ3v) is 5.56.